The van der Waals surface area contributed by atoms with Gasteiger partial charge in [-0.05, 0) is 44.4 Å². The van der Waals surface area contributed by atoms with Gasteiger partial charge in [0.2, 0.25) is 11.8 Å². The summed E-state index contributed by atoms with van der Waals surface area (Å²) in [6.45, 7) is 6.26. The van der Waals surface area contributed by atoms with Crippen LogP contribution in [0.3, 0.4) is 0 Å². The molecule has 3 amide bonds. The van der Waals surface area contributed by atoms with Gasteiger partial charge in [-0.2, -0.15) is 0 Å². The lowest BCUT2D eigenvalue weighted by Gasteiger charge is -2.31. The molecule has 8 nitrogen and oxygen atoms in total. The normalized spacial score (nSPS) is 15.0. The van der Waals surface area contributed by atoms with Crippen LogP contribution in [0.15, 0.2) is 53.4 Å². The predicted octanol–water partition coefficient (Wildman–Crippen LogP) is 2.86. The molecule has 3 rings (SSSR count). The van der Waals surface area contributed by atoms with Crippen molar-refractivity contribution in [2.75, 3.05) is 13.1 Å². The van der Waals surface area contributed by atoms with E-state index in [0.717, 1.165) is 15.4 Å². The largest absolute Gasteiger partial charge is 0.355 e. The quantitative estimate of drug-likeness (QED) is 0.557. The van der Waals surface area contributed by atoms with E-state index in [9.17, 15) is 22.8 Å². The van der Waals surface area contributed by atoms with Gasteiger partial charge in [-0.3, -0.25) is 14.4 Å². The number of carbonyl (C=O) groups excluding carboxylic acids is 3. The molecule has 0 radical (unpaired) electrons. The van der Waals surface area contributed by atoms with Crippen LogP contribution >= 0.6 is 0 Å². The van der Waals surface area contributed by atoms with Crippen molar-refractivity contribution in [3.8, 4) is 0 Å². The molecule has 1 aliphatic rings. The maximum Gasteiger partial charge on any atom is 0.269 e. The van der Waals surface area contributed by atoms with Gasteiger partial charge < -0.3 is 10.2 Å². The van der Waals surface area contributed by atoms with E-state index in [2.05, 4.69) is 5.32 Å². The summed E-state index contributed by atoms with van der Waals surface area (Å²) in [6.07, 6.45) is 0.614. The van der Waals surface area contributed by atoms with Crippen LogP contribution in [0.1, 0.15) is 54.6 Å². The average Bonchev–Trinajstić information content (AvgIpc) is 2.99. The van der Waals surface area contributed by atoms with Crippen molar-refractivity contribution in [1.29, 1.82) is 0 Å². The van der Waals surface area contributed by atoms with Crippen molar-refractivity contribution in [1.82, 2.24) is 14.5 Å². The van der Waals surface area contributed by atoms with Crippen LogP contribution in [-0.2, 0) is 26.2 Å². The number of aryl methyl sites for hydroxylation is 1. The Morgan fingerprint density at radius 3 is 2.47 bits per heavy atom. The van der Waals surface area contributed by atoms with E-state index >= 15 is 0 Å². The number of rotatable bonds is 10. The smallest absolute Gasteiger partial charge is 0.269 e. The second-order valence-corrected chi connectivity index (χ2v) is 10.1. The molecule has 182 valence electrons. The molecule has 2 aromatic carbocycles. The van der Waals surface area contributed by atoms with Gasteiger partial charge in [0.1, 0.15) is 10.9 Å². The van der Waals surface area contributed by atoms with Gasteiger partial charge in [0.05, 0.1) is 5.56 Å². The minimum atomic E-state index is -3.91. The number of nitrogens with zero attached hydrogens (tertiary/aromatic N) is 2. The molecule has 0 fully saturated rings. The fourth-order valence-corrected chi connectivity index (χ4v) is 5.80. The van der Waals surface area contributed by atoms with Crippen molar-refractivity contribution in [3.05, 3.63) is 65.2 Å². The van der Waals surface area contributed by atoms with Crippen molar-refractivity contribution >= 4 is 27.7 Å². The Kier molecular flexibility index (Phi) is 8.09. The lowest BCUT2D eigenvalue weighted by Crippen LogP contribution is -2.49. The van der Waals surface area contributed by atoms with Gasteiger partial charge >= 0.3 is 0 Å². The highest BCUT2D eigenvalue weighted by molar-refractivity contribution is 7.90. The second kappa shape index (κ2) is 10.8. The molecule has 1 heterocycles. The van der Waals surface area contributed by atoms with Crippen LogP contribution in [0.25, 0.3) is 0 Å². The highest BCUT2D eigenvalue weighted by Gasteiger charge is 2.40. The summed E-state index contributed by atoms with van der Waals surface area (Å²) in [7, 11) is -3.91. The summed E-state index contributed by atoms with van der Waals surface area (Å²) in [5.41, 5.74) is 2.11. The first-order chi connectivity index (χ1) is 16.2. The van der Waals surface area contributed by atoms with Gasteiger partial charge in [0.25, 0.3) is 15.9 Å². The molecule has 9 heteroatoms. The van der Waals surface area contributed by atoms with Crippen molar-refractivity contribution < 1.29 is 22.8 Å². The molecule has 2 aromatic rings. The number of sulfonamides is 1. The number of carbonyl (C=O) groups is 3. The number of likely N-dealkylation sites (N-methyl/N-ethyl adjacent to an activating group) is 1. The number of fused-ring (bicyclic) bond motifs is 1. The lowest BCUT2D eigenvalue weighted by atomic mass is 10.1. The van der Waals surface area contributed by atoms with Crippen molar-refractivity contribution in [2.45, 2.75) is 57.5 Å². The Hall–Kier alpha value is -3.20. The molecule has 0 aliphatic carbocycles. The summed E-state index contributed by atoms with van der Waals surface area (Å²) in [6, 6.07) is 13.2. The third-order valence-electron chi connectivity index (χ3n) is 5.84. The molecule has 0 spiro atoms. The van der Waals surface area contributed by atoms with Crippen LogP contribution in [-0.4, -0.2) is 54.5 Å². The fraction of sp³-hybridized carbons (Fsp3) is 0.400. The Morgan fingerprint density at radius 1 is 1.09 bits per heavy atom. The van der Waals surface area contributed by atoms with Gasteiger partial charge in [-0.1, -0.05) is 48.9 Å². The van der Waals surface area contributed by atoms with E-state index in [4.69, 9.17) is 0 Å². The van der Waals surface area contributed by atoms with E-state index in [0.29, 0.717) is 13.0 Å². The zero-order valence-corrected chi connectivity index (χ0v) is 20.6. The first kappa shape index (κ1) is 25.4. The van der Waals surface area contributed by atoms with Crippen LogP contribution in [0, 0.1) is 6.92 Å². The van der Waals surface area contributed by atoms with Gasteiger partial charge in [0, 0.05) is 26.1 Å². The molecular formula is C25H31N3O5S. The second-order valence-electron chi connectivity index (χ2n) is 8.31. The molecule has 0 aromatic heterocycles. The molecule has 0 saturated heterocycles. The zero-order chi connectivity index (χ0) is 24.9. The monoisotopic (exact) mass is 485 g/mol. The number of hydrogen-bond donors (Lipinski definition) is 1. The lowest BCUT2D eigenvalue weighted by molar-refractivity contribution is -0.141. The molecule has 0 saturated carbocycles. The average molecular weight is 486 g/mol. The maximum atomic E-state index is 13.3. The third-order valence-corrected chi connectivity index (χ3v) is 7.68. The summed E-state index contributed by atoms with van der Waals surface area (Å²) in [4.78, 5) is 40.1. The van der Waals surface area contributed by atoms with Gasteiger partial charge in [0.15, 0.2) is 0 Å². The van der Waals surface area contributed by atoms with Crippen LogP contribution in [0.5, 0.6) is 0 Å². The Labute approximate surface area is 201 Å². The third kappa shape index (κ3) is 5.30. The summed E-state index contributed by atoms with van der Waals surface area (Å²) in [5, 5.41) is 2.79. The highest BCUT2D eigenvalue weighted by Crippen LogP contribution is 2.30. The Balaban J connectivity index is 1.74. The number of nitrogens with one attached hydrogen (secondary N) is 1. The molecule has 1 aliphatic heterocycles. The van der Waals surface area contributed by atoms with Gasteiger partial charge in [-0.25, -0.2) is 12.7 Å². The summed E-state index contributed by atoms with van der Waals surface area (Å²) >= 11 is 0. The fourth-order valence-electron chi connectivity index (χ4n) is 4.19. The predicted molar refractivity (Wildman–Crippen MR) is 128 cm³/mol. The first-order valence-corrected chi connectivity index (χ1v) is 12.9. The van der Waals surface area contributed by atoms with E-state index in [1.54, 1.807) is 17.0 Å². The summed E-state index contributed by atoms with van der Waals surface area (Å²) < 4.78 is 26.3. The molecule has 1 N–H and O–H groups in total. The van der Waals surface area contributed by atoms with Crippen LogP contribution in [0.2, 0.25) is 0 Å². The van der Waals surface area contributed by atoms with E-state index in [1.807, 2.05) is 45.0 Å². The minimum Gasteiger partial charge on any atom is -0.355 e. The van der Waals surface area contributed by atoms with Crippen molar-refractivity contribution in [3.63, 3.8) is 0 Å². The number of hydrogen-bond acceptors (Lipinski definition) is 5. The number of benzene rings is 2. The SMILES string of the molecule is CCNC(=O)[C@@H](CC)N(Cc1cccc(C)c1)C(=O)CCCN1C(=O)c2ccccc2S1(=O)=O. The zero-order valence-electron chi connectivity index (χ0n) is 19.8. The first-order valence-electron chi connectivity index (χ1n) is 11.5. The van der Waals surface area contributed by atoms with Crippen LogP contribution < -0.4 is 5.32 Å². The molecular weight excluding hydrogens is 454 g/mol. The molecule has 0 bridgehead atoms. The minimum absolute atomic E-state index is 0.00492. The Morgan fingerprint density at radius 2 is 1.82 bits per heavy atom. The topological polar surface area (TPSA) is 104 Å². The van der Waals surface area contributed by atoms with Crippen LogP contribution in [0.4, 0.5) is 0 Å². The van der Waals surface area contributed by atoms with E-state index in [1.165, 1.54) is 12.1 Å². The number of amides is 3. The van der Waals surface area contributed by atoms with E-state index < -0.39 is 22.0 Å². The maximum absolute atomic E-state index is 13.3. The standard InChI is InChI=1S/C25H31N3O5S/c1-4-21(24(30)26-5-2)27(17-19-11-8-10-18(3)16-19)23(29)14-9-15-28-25(31)20-12-6-7-13-22(20)34(28,32)33/h6-8,10-13,16,21H,4-5,9,14-15,17H2,1-3H3,(H,26,30)/t21-/m1/s1. The highest BCUT2D eigenvalue weighted by atomic mass is 32.2. The van der Waals surface area contributed by atoms with E-state index in [-0.39, 0.29) is 48.2 Å². The molecule has 34 heavy (non-hydrogen) atoms. The van der Waals surface area contributed by atoms with Crippen molar-refractivity contribution in [2.24, 2.45) is 0 Å². The van der Waals surface area contributed by atoms with Gasteiger partial charge in [-0.15, -0.1) is 0 Å². The molecule has 1 atom stereocenters. The molecule has 0 unspecified atom stereocenters. The Bertz CT molecular complexity index is 1180. The summed E-state index contributed by atoms with van der Waals surface area (Å²) in [5.74, 6) is -1.06.